The fourth-order valence-corrected chi connectivity index (χ4v) is 3.02. The number of carbonyl (C=O) groups is 3. The molecule has 2 N–H and O–H groups in total. The van der Waals surface area contributed by atoms with Gasteiger partial charge in [-0.05, 0) is 12.8 Å². The van der Waals surface area contributed by atoms with Crippen LogP contribution in [0.15, 0.2) is 0 Å². The summed E-state index contributed by atoms with van der Waals surface area (Å²) in [6.45, 7) is 2.24. The smallest absolute Gasteiger partial charge is 1.00 e. The Labute approximate surface area is 200 Å². The summed E-state index contributed by atoms with van der Waals surface area (Å²) in [5, 5.41) is 0. The molecule has 0 aromatic rings. The summed E-state index contributed by atoms with van der Waals surface area (Å²) in [4.78, 5) is 34.3. The van der Waals surface area contributed by atoms with Crippen molar-refractivity contribution in [2.45, 2.75) is 116 Å². The van der Waals surface area contributed by atoms with Gasteiger partial charge in [0.2, 0.25) is 0 Å². The number of carbonyl (C=O) groups excluding carboxylic acids is 3. The summed E-state index contributed by atoms with van der Waals surface area (Å²) >= 11 is 0. The Morgan fingerprint density at radius 2 is 1.21 bits per heavy atom. The number of hydrogen-bond acceptors (Lipinski definition) is 6. The van der Waals surface area contributed by atoms with Crippen molar-refractivity contribution in [2.75, 3.05) is 7.11 Å². The normalized spacial score (nSPS) is 11.4. The van der Waals surface area contributed by atoms with Gasteiger partial charge in [-0.3, -0.25) is 9.59 Å². The maximum Gasteiger partial charge on any atom is 1.00 e. The van der Waals surface area contributed by atoms with E-state index in [1.54, 1.807) is 0 Å². The third kappa shape index (κ3) is 20.6. The molecule has 6 nitrogen and oxygen atoms in total. The number of ether oxygens (including phenoxy) is 2. The minimum Gasteiger partial charge on any atom is -1.00 e. The van der Waals surface area contributed by atoms with Crippen LogP contribution in [0, 0.1) is 0 Å². The maximum absolute atomic E-state index is 11.7. The van der Waals surface area contributed by atoms with Crippen LogP contribution in [0.5, 0.6) is 0 Å². The quantitative estimate of drug-likeness (QED) is 0.157. The van der Waals surface area contributed by atoms with Gasteiger partial charge in [0.15, 0.2) is 0 Å². The molecule has 0 saturated carbocycles. The van der Waals surface area contributed by atoms with E-state index in [1.165, 1.54) is 71.3 Å². The van der Waals surface area contributed by atoms with Crippen LogP contribution in [0.1, 0.15) is 111 Å². The molecule has 29 heavy (non-hydrogen) atoms. The molecule has 0 aliphatic carbocycles. The van der Waals surface area contributed by atoms with Crippen LogP contribution in [-0.4, -0.2) is 31.1 Å². The monoisotopic (exact) mass is 423 g/mol. The standard InChI is InChI=1S/C22H41NO5.Na.H/c1-3-4-5-6-7-8-9-10-11-12-13-14-15-16-21(25)28-22(26)19(23)17-18-20(24)27-2;;/h19H,3-18,23H2,1-2H3;;/q;+1;-1. The zero-order valence-corrected chi connectivity index (χ0v) is 21.0. The fourth-order valence-electron chi connectivity index (χ4n) is 3.02. The number of methoxy groups -OCH3 is 1. The summed E-state index contributed by atoms with van der Waals surface area (Å²) < 4.78 is 9.21. The number of nitrogens with two attached hydrogens (primary N) is 1. The summed E-state index contributed by atoms with van der Waals surface area (Å²) in [6, 6.07) is -0.977. The summed E-state index contributed by atoms with van der Waals surface area (Å²) in [6.07, 6.45) is 16.4. The molecule has 0 aliphatic rings. The van der Waals surface area contributed by atoms with Gasteiger partial charge >= 0.3 is 47.5 Å². The van der Waals surface area contributed by atoms with Gasteiger partial charge in [-0.25, -0.2) is 4.79 Å². The Morgan fingerprint density at radius 1 is 0.759 bits per heavy atom. The molecule has 0 saturated heterocycles. The van der Waals surface area contributed by atoms with E-state index in [0.29, 0.717) is 0 Å². The molecular formula is C22H42NNaO5. The summed E-state index contributed by atoms with van der Waals surface area (Å²) in [5.41, 5.74) is 5.61. The van der Waals surface area contributed by atoms with Crippen molar-refractivity contribution in [3.63, 3.8) is 0 Å². The van der Waals surface area contributed by atoms with Gasteiger partial charge in [0, 0.05) is 12.8 Å². The van der Waals surface area contributed by atoms with Crippen LogP contribution >= 0.6 is 0 Å². The molecule has 0 fully saturated rings. The molecule has 0 aromatic carbocycles. The first-order valence-corrected chi connectivity index (χ1v) is 11.1. The Bertz CT molecular complexity index is 438. The van der Waals surface area contributed by atoms with Crippen molar-refractivity contribution in [2.24, 2.45) is 5.73 Å². The van der Waals surface area contributed by atoms with Crippen molar-refractivity contribution < 1.29 is 54.8 Å². The first-order valence-electron chi connectivity index (χ1n) is 11.1. The molecule has 0 rings (SSSR count). The molecule has 0 heterocycles. The second-order valence-corrected chi connectivity index (χ2v) is 7.51. The largest absolute Gasteiger partial charge is 1.00 e. The predicted octanol–water partition coefficient (Wildman–Crippen LogP) is 1.93. The Kier molecular flexibility index (Phi) is 23.6. The zero-order chi connectivity index (χ0) is 21.0. The average molecular weight is 424 g/mol. The Hall–Kier alpha value is -0.430. The minimum atomic E-state index is -0.977. The number of unbranched alkanes of at least 4 members (excludes halogenated alkanes) is 12. The predicted molar refractivity (Wildman–Crippen MR) is 112 cm³/mol. The van der Waals surface area contributed by atoms with Gasteiger partial charge in [0.25, 0.3) is 0 Å². The number of hydrogen-bond donors (Lipinski definition) is 1. The number of esters is 3. The first kappa shape index (κ1) is 30.8. The van der Waals surface area contributed by atoms with E-state index >= 15 is 0 Å². The third-order valence-corrected chi connectivity index (χ3v) is 4.89. The molecule has 1 unspecified atom stereocenters. The van der Waals surface area contributed by atoms with E-state index in [1.807, 2.05) is 0 Å². The first-order chi connectivity index (χ1) is 13.5. The number of rotatable bonds is 18. The molecule has 0 bridgehead atoms. The van der Waals surface area contributed by atoms with Crippen LogP contribution in [-0.2, 0) is 23.9 Å². The molecule has 0 amide bonds. The SMILES string of the molecule is CCCCCCCCCCCCCCCC(=O)OC(=O)C(N)CCC(=O)OC.[H-].[Na+]. The van der Waals surface area contributed by atoms with E-state index in [-0.39, 0.29) is 50.2 Å². The van der Waals surface area contributed by atoms with E-state index < -0.39 is 23.9 Å². The van der Waals surface area contributed by atoms with Crippen LogP contribution in [0.25, 0.3) is 0 Å². The van der Waals surface area contributed by atoms with Crippen molar-refractivity contribution in [3.8, 4) is 0 Å². The molecule has 1 atom stereocenters. The van der Waals surface area contributed by atoms with Crippen LogP contribution in [0.2, 0.25) is 0 Å². The van der Waals surface area contributed by atoms with E-state index in [4.69, 9.17) is 10.5 Å². The molecule has 0 radical (unpaired) electrons. The second-order valence-electron chi connectivity index (χ2n) is 7.51. The molecule has 0 spiro atoms. The second kappa shape index (κ2) is 22.3. The van der Waals surface area contributed by atoms with Crippen molar-refractivity contribution in [3.05, 3.63) is 0 Å². The minimum absolute atomic E-state index is 0. The molecule has 0 aromatic heterocycles. The van der Waals surface area contributed by atoms with Gasteiger partial charge in [-0.1, -0.05) is 84.0 Å². The van der Waals surface area contributed by atoms with Crippen LogP contribution < -0.4 is 35.3 Å². The van der Waals surface area contributed by atoms with E-state index in [2.05, 4.69) is 11.7 Å². The molecule has 166 valence electrons. The fraction of sp³-hybridized carbons (Fsp3) is 0.864. The Morgan fingerprint density at radius 3 is 1.66 bits per heavy atom. The van der Waals surface area contributed by atoms with Crippen molar-refractivity contribution in [1.82, 2.24) is 0 Å². The van der Waals surface area contributed by atoms with E-state index in [9.17, 15) is 14.4 Å². The third-order valence-electron chi connectivity index (χ3n) is 4.89. The molecule has 0 aliphatic heterocycles. The van der Waals surface area contributed by atoms with Crippen molar-refractivity contribution >= 4 is 17.9 Å². The van der Waals surface area contributed by atoms with Gasteiger partial charge in [-0.15, -0.1) is 0 Å². The van der Waals surface area contributed by atoms with Gasteiger partial charge in [-0.2, -0.15) is 0 Å². The van der Waals surface area contributed by atoms with Gasteiger partial charge in [0.05, 0.1) is 7.11 Å². The maximum atomic E-state index is 11.7. The summed E-state index contributed by atoms with van der Waals surface area (Å²) in [7, 11) is 1.27. The average Bonchev–Trinajstić information content (AvgIpc) is 2.69. The molecule has 7 heteroatoms. The van der Waals surface area contributed by atoms with Crippen molar-refractivity contribution in [1.29, 1.82) is 0 Å². The van der Waals surface area contributed by atoms with E-state index in [0.717, 1.165) is 19.3 Å². The van der Waals surface area contributed by atoms with Gasteiger partial charge in [0.1, 0.15) is 6.04 Å². The Balaban J connectivity index is -0.00000364. The van der Waals surface area contributed by atoms with Crippen LogP contribution in [0.4, 0.5) is 0 Å². The topological polar surface area (TPSA) is 95.7 Å². The van der Waals surface area contributed by atoms with Crippen LogP contribution in [0.3, 0.4) is 0 Å². The van der Waals surface area contributed by atoms with Gasteiger partial charge < -0.3 is 16.6 Å². The zero-order valence-electron chi connectivity index (χ0n) is 20.0. The summed E-state index contributed by atoms with van der Waals surface area (Å²) in [5.74, 6) is -1.76. The molecular weight excluding hydrogens is 381 g/mol.